The first-order chi connectivity index (χ1) is 9.51. The first-order valence-corrected chi connectivity index (χ1v) is 7.56. The second-order valence-electron chi connectivity index (χ2n) is 4.38. The lowest BCUT2D eigenvalue weighted by atomic mass is 10.2. The predicted molar refractivity (Wildman–Crippen MR) is 77.0 cm³/mol. The maximum atomic E-state index is 12.2. The van der Waals surface area contributed by atoms with Crippen molar-refractivity contribution in [1.82, 2.24) is 10.2 Å². The van der Waals surface area contributed by atoms with Crippen molar-refractivity contribution in [2.45, 2.75) is 26.3 Å². The predicted octanol–water partition coefficient (Wildman–Crippen LogP) is 0.533. The van der Waals surface area contributed by atoms with Gasteiger partial charge in [-0.05, 0) is 13.3 Å². The number of hydrogen-bond acceptors (Lipinski definition) is 5. The van der Waals surface area contributed by atoms with Crippen LogP contribution in [-0.4, -0.2) is 54.0 Å². The molecule has 20 heavy (non-hydrogen) atoms. The maximum absolute atomic E-state index is 12.2. The summed E-state index contributed by atoms with van der Waals surface area (Å²) in [5, 5.41) is 2.49. The Morgan fingerprint density at radius 2 is 2.15 bits per heavy atom. The molecule has 0 aromatic carbocycles. The molecule has 1 fully saturated rings. The monoisotopic (exact) mass is 300 g/mol. The van der Waals surface area contributed by atoms with Gasteiger partial charge in [-0.15, -0.1) is 11.8 Å². The molecule has 7 heteroatoms. The number of carbonyl (C=O) groups is 3. The summed E-state index contributed by atoms with van der Waals surface area (Å²) in [5.41, 5.74) is 0.640. The molecule has 6 nitrogen and oxygen atoms in total. The highest BCUT2D eigenvalue weighted by Gasteiger charge is 2.35. The second-order valence-corrected chi connectivity index (χ2v) is 5.38. The van der Waals surface area contributed by atoms with E-state index in [1.165, 1.54) is 18.9 Å². The topological polar surface area (TPSA) is 75.7 Å². The van der Waals surface area contributed by atoms with E-state index in [1.807, 2.05) is 13.0 Å². The first kappa shape index (κ1) is 16.6. The number of thioether (sulfide) groups is 1. The Bertz CT molecular complexity index is 423. The van der Waals surface area contributed by atoms with Crippen LogP contribution in [0.1, 0.15) is 20.3 Å². The van der Waals surface area contributed by atoms with Gasteiger partial charge in [0.2, 0.25) is 5.91 Å². The Hall–Kier alpha value is -1.50. The van der Waals surface area contributed by atoms with Crippen molar-refractivity contribution < 1.29 is 19.1 Å². The highest BCUT2D eigenvalue weighted by molar-refractivity contribution is 7.99. The average Bonchev–Trinajstić information content (AvgIpc) is 2.93. The molecular weight excluding hydrogens is 280 g/mol. The van der Waals surface area contributed by atoms with E-state index < -0.39 is 12.0 Å². The van der Waals surface area contributed by atoms with Crippen molar-refractivity contribution in [2.24, 2.45) is 0 Å². The summed E-state index contributed by atoms with van der Waals surface area (Å²) in [6.45, 7) is 3.52. The Balaban J connectivity index is 2.65. The van der Waals surface area contributed by atoms with Crippen LogP contribution in [0.4, 0.5) is 0 Å². The molecule has 0 bridgehead atoms. The van der Waals surface area contributed by atoms with Crippen LogP contribution >= 0.6 is 11.8 Å². The number of nitrogens with one attached hydrogen (secondary N) is 1. The zero-order valence-electron chi connectivity index (χ0n) is 12.0. The fraction of sp³-hybridized carbons (Fsp3) is 0.615. The number of amides is 2. The molecule has 112 valence electrons. The minimum Gasteiger partial charge on any atom is -0.468 e. The number of esters is 1. The molecule has 0 spiro atoms. The fourth-order valence-electron chi connectivity index (χ4n) is 1.83. The normalized spacial score (nSPS) is 18.9. The molecule has 0 aromatic heterocycles. The van der Waals surface area contributed by atoms with Gasteiger partial charge in [-0.1, -0.05) is 13.0 Å². The third-order valence-corrected chi connectivity index (χ3v) is 3.94. The molecule has 0 saturated carbocycles. The molecule has 1 rings (SSSR count). The lowest BCUT2D eigenvalue weighted by molar-refractivity contribution is -0.142. The highest BCUT2D eigenvalue weighted by atomic mass is 32.2. The van der Waals surface area contributed by atoms with Crippen molar-refractivity contribution in [3.8, 4) is 0 Å². The van der Waals surface area contributed by atoms with Crippen LogP contribution in [0.15, 0.2) is 11.6 Å². The molecule has 1 aliphatic heterocycles. The van der Waals surface area contributed by atoms with Crippen molar-refractivity contribution in [1.29, 1.82) is 0 Å². The number of allylic oxidation sites excluding steroid dienone is 1. The molecule has 0 aliphatic carbocycles. The van der Waals surface area contributed by atoms with E-state index in [0.29, 0.717) is 17.2 Å². The summed E-state index contributed by atoms with van der Waals surface area (Å²) in [6.07, 6.45) is 2.62. The summed E-state index contributed by atoms with van der Waals surface area (Å²) in [7, 11) is 1.26. The van der Waals surface area contributed by atoms with Crippen molar-refractivity contribution in [3.63, 3.8) is 0 Å². The third kappa shape index (κ3) is 4.26. The van der Waals surface area contributed by atoms with Crippen LogP contribution in [0.25, 0.3) is 0 Å². The van der Waals surface area contributed by atoms with Crippen LogP contribution in [0.5, 0.6) is 0 Å². The summed E-state index contributed by atoms with van der Waals surface area (Å²) in [4.78, 5) is 36.8. The van der Waals surface area contributed by atoms with Crippen molar-refractivity contribution >= 4 is 29.5 Å². The summed E-state index contributed by atoms with van der Waals surface area (Å²) < 4.78 is 4.46. The smallest absolute Gasteiger partial charge is 0.325 e. The molecule has 2 amide bonds. The largest absolute Gasteiger partial charge is 0.468 e. The minimum atomic E-state index is -0.530. The molecule has 1 heterocycles. The summed E-state index contributed by atoms with van der Waals surface area (Å²) >= 11 is 1.52. The fourth-order valence-corrected chi connectivity index (χ4v) is 2.98. The van der Waals surface area contributed by atoms with Crippen molar-refractivity contribution in [2.75, 3.05) is 25.3 Å². The van der Waals surface area contributed by atoms with Gasteiger partial charge in [0.15, 0.2) is 0 Å². The summed E-state index contributed by atoms with van der Waals surface area (Å²) in [5.74, 6) is 0.0689. The van der Waals surface area contributed by atoms with Crippen LogP contribution in [0.3, 0.4) is 0 Å². The van der Waals surface area contributed by atoms with Crippen LogP contribution in [0.2, 0.25) is 0 Å². The van der Waals surface area contributed by atoms with Gasteiger partial charge in [0.25, 0.3) is 5.91 Å². The Morgan fingerprint density at radius 1 is 1.45 bits per heavy atom. The van der Waals surface area contributed by atoms with Gasteiger partial charge in [0.1, 0.15) is 12.6 Å². The standard InChI is InChI=1S/C13H20N2O4S/c1-4-5-9(2)13(18)15-8-20-7-10(15)12(17)14-6-11(16)19-3/h5,10H,4,6-8H2,1-3H3,(H,14,17)/b9-5+. The van der Waals surface area contributed by atoms with Gasteiger partial charge in [0.05, 0.1) is 13.0 Å². The molecule has 0 aromatic rings. The SMILES string of the molecule is CC/C=C(\C)C(=O)N1CSCC1C(=O)NCC(=O)OC. The van der Waals surface area contributed by atoms with Gasteiger partial charge >= 0.3 is 5.97 Å². The van der Waals surface area contributed by atoms with Gasteiger partial charge in [-0.3, -0.25) is 14.4 Å². The number of rotatable bonds is 5. The lowest BCUT2D eigenvalue weighted by Crippen LogP contribution is -2.48. The molecule has 1 N–H and O–H groups in total. The van der Waals surface area contributed by atoms with E-state index in [2.05, 4.69) is 10.1 Å². The quantitative estimate of drug-likeness (QED) is 0.592. The van der Waals surface area contributed by atoms with E-state index in [4.69, 9.17) is 0 Å². The van der Waals surface area contributed by atoms with Gasteiger partial charge in [-0.25, -0.2) is 0 Å². The average molecular weight is 300 g/mol. The molecule has 0 radical (unpaired) electrons. The maximum Gasteiger partial charge on any atom is 0.325 e. The van der Waals surface area contributed by atoms with Gasteiger partial charge in [-0.2, -0.15) is 0 Å². The van der Waals surface area contributed by atoms with E-state index in [-0.39, 0.29) is 18.4 Å². The molecular formula is C13H20N2O4S. The minimum absolute atomic E-state index is 0.130. The van der Waals surface area contributed by atoms with Gasteiger partial charge < -0.3 is 15.0 Å². The molecule has 1 unspecified atom stereocenters. The van der Waals surface area contributed by atoms with E-state index in [0.717, 1.165) is 6.42 Å². The Labute approximate surface area is 122 Å². The number of methoxy groups -OCH3 is 1. The van der Waals surface area contributed by atoms with E-state index in [1.54, 1.807) is 11.8 Å². The zero-order valence-corrected chi connectivity index (χ0v) is 12.8. The number of ether oxygens (including phenoxy) is 1. The Morgan fingerprint density at radius 3 is 2.75 bits per heavy atom. The molecule has 1 atom stereocenters. The van der Waals surface area contributed by atoms with Gasteiger partial charge in [0, 0.05) is 11.3 Å². The number of carbonyl (C=O) groups excluding carboxylic acids is 3. The highest BCUT2D eigenvalue weighted by Crippen LogP contribution is 2.23. The molecule has 1 saturated heterocycles. The van der Waals surface area contributed by atoms with E-state index in [9.17, 15) is 14.4 Å². The van der Waals surface area contributed by atoms with E-state index >= 15 is 0 Å². The first-order valence-electron chi connectivity index (χ1n) is 6.41. The van der Waals surface area contributed by atoms with Crippen LogP contribution in [-0.2, 0) is 19.1 Å². The zero-order chi connectivity index (χ0) is 15.1. The Kier molecular flexibility index (Phi) is 6.57. The lowest BCUT2D eigenvalue weighted by Gasteiger charge is -2.23. The number of hydrogen-bond donors (Lipinski definition) is 1. The second kappa shape index (κ2) is 7.94. The van der Waals surface area contributed by atoms with Crippen LogP contribution < -0.4 is 5.32 Å². The third-order valence-electron chi connectivity index (χ3n) is 2.93. The summed E-state index contributed by atoms with van der Waals surface area (Å²) in [6, 6.07) is -0.530. The van der Waals surface area contributed by atoms with Crippen molar-refractivity contribution in [3.05, 3.63) is 11.6 Å². The van der Waals surface area contributed by atoms with Crippen LogP contribution in [0, 0.1) is 0 Å². The number of nitrogens with zero attached hydrogens (tertiary/aromatic N) is 1. The molecule has 1 aliphatic rings.